The number of benzene rings is 1. The summed E-state index contributed by atoms with van der Waals surface area (Å²) in [4.78, 5) is 0. The van der Waals surface area contributed by atoms with Crippen molar-refractivity contribution in [1.82, 2.24) is 5.32 Å². The van der Waals surface area contributed by atoms with Crippen LogP contribution >= 0.6 is 0 Å². The highest BCUT2D eigenvalue weighted by Crippen LogP contribution is 2.34. The van der Waals surface area contributed by atoms with Gasteiger partial charge in [0.15, 0.2) is 0 Å². The highest BCUT2D eigenvalue weighted by atomic mass is 16.5. The van der Waals surface area contributed by atoms with E-state index in [0.29, 0.717) is 11.5 Å². The number of aryl methyl sites for hydroxylation is 1. The summed E-state index contributed by atoms with van der Waals surface area (Å²) in [6.45, 7) is 8.54. The molecule has 2 heteroatoms. The van der Waals surface area contributed by atoms with E-state index in [1.54, 1.807) is 0 Å². The number of rotatable bonds is 5. The summed E-state index contributed by atoms with van der Waals surface area (Å²) < 4.78 is 5.77. The molecule has 19 heavy (non-hydrogen) atoms. The Kier molecular flexibility index (Phi) is 4.87. The van der Waals surface area contributed by atoms with Crippen molar-refractivity contribution < 1.29 is 4.74 Å². The molecule has 1 aliphatic carbocycles. The maximum atomic E-state index is 5.77. The van der Waals surface area contributed by atoms with Crippen molar-refractivity contribution in [3.05, 3.63) is 29.8 Å². The zero-order chi connectivity index (χ0) is 13.7. The molecule has 1 N–H and O–H groups in total. The topological polar surface area (TPSA) is 21.3 Å². The van der Waals surface area contributed by atoms with Gasteiger partial charge in [0.1, 0.15) is 12.4 Å². The first-order chi connectivity index (χ1) is 9.05. The van der Waals surface area contributed by atoms with E-state index in [1.807, 2.05) is 12.1 Å². The van der Waals surface area contributed by atoms with Crippen LogP contribution in [0.1, 0.15) is 45.1 Å². The Bertz CT molecular complexity index is 400. The van der Waals surface area contributed by atoms with Gasteiger partial charge in [0.05, 0.1) is 0 Å². The average molecular weight is 261 g/mol. The third kappa shape index (κ3) is 4.87. The lowest BCUT2D eigenvalue weighted by Crippen LogP contribution is -2.39. The van der Waals surface area contributed by atoms with Crippen molar-refractivity contribution in [1.29, 1.82) is 0 Å². The van der Waals surface area contributed by atoms with Crippen molar-refractivity contribution >= 4 is 0 Å². The summed E-state index contributed by atoms with van der Waals surface area (Å²) in [5, 5.41) is 3.64. The minimum absolute atomic E-state index is 0.507. The minimum Gasteiger partial charge on any atom is -0.492 e. The molecular formula is C17H27NO. The molecule has 0 saturated heterocycles. The van der Waals surface area contributed by atoms with Crippen molar-refractivity contribution in [3.8, 4) is 5.75 Å². The van der Waals surface area contributed by atoms with E-state index in [2.05, 4.69) is 38.2 Å². The largest absolute Gasteiger partial charge is 0.492 e. The molecule has 1 aromatic rings. The summed E-state index contributed by atoms with van der Waals surface area (Å²) in [6, 6.07) is 8.92. The molecule has 0 aliphatic heterocycles. The number of hydrogen-bond acceptors (Lipinski definition) is 2. The first-order valence-corrected chi connectivity index (χ1v) is 7.48. The zero-order valence-electron chi connectivity index (χ0n) is 12.5. The van der Waals surface area contributed by atoms with Gasteiger partial charge in [-0.25, -0.2) is 0 Å². The van der Waals surface area contributed by atoms with Crippen molar-refractivity contribution in [2.24, 2.45) is 5.41 Å². The summed E-state index contributed by atoms with van der Waals surface area (Å²) >= 11 is 0. The maximum Gasteiger partial charge on any atom is 0.119 e. The number of hydrogen-bond donors (Lipinski definition) is 1. The fourth-order valence-corrected chi connectivity index (χ4v) is 3.01. The quantitative estimate of drug-likeness (QED) is 0.811. The average Bonchev–Trinajstić information content (AvgIpc) is 2.34. The zero-order valence-corrected chi connectivity index (χ0v) is 12.5. The fourth-order valence-electron chi connectivity index (χ4n) is 3.01. The van der Waals surface area contributed by atoms with Gasteiger partial charge in [-0.3, -0.25) is 0 Å². The van der Waals surface area contributed by atoms with Gasteiger partial charge in [-0.15, -0.1) is 0 Å². The Hall–Kier alpha value is -1.02. The summed E-state index contributed by atoms with van der Waals surface area (Å²) in [5.74, 6) is 0.978. The van der Waals surface area contributed by atoms with E-state index in [9.17, 15) is 0 Å². The van der Waals surface area contributed by atoms with Crippen LogP contribution in [-0.2, 0) is 0 Å². The molecule has 0 bridgehead atoms. The van der Waals surface area contributed by atoms with Crippen molar-refractivity contribution in [2.45, 2.75) is 52.5 Å². The Morgan fingerprint density at radius 2 is 2.21 bits per heavy atom. The Balaban J connectivity index is 1.67. The van der Waals surface area contributed by atoms with Crippen molar-refractivity contribution in [3.63, 3.8) is 0 Å². The third-order valence-electron chi connectivity index (χ3n) is 4.00. The van der Waals surface area contributed by atoms with E-state index >= 15 is 0 Å². The molecule has 1 atom stereocenters. The van der Waals surface area contributed by atoms with Crippen LogP contribution in [0.5, 0.6) is 5.75 Å². The van der Waals surface area contributed by atoms with E-state index in [0.717, 1.165) is 18.9 Å². The normalized spacial score (nSPS) is 22.2. The van der Waals surface area contributed by atoms with Crippen LogP contribution in [0.4, 0.5) is 0 Å². The molecule has 2 rings (SSSR count). The van der Waals surface area contributed by atoms with Crippen LogP contribution in [0.15, 0.2) is 24.3 Å². The highest BCUT2D eigenvalue weighted by Gasteiger charge is 2.27. The lowest BCUT2D eigenvalue weighted by molar-refractivity contribution is 0.192. The van der Waals surface area contributed by atoms with E-state index < -0.39 is 0 Å². The Morgan fingerprint density at radius 3 is 2.95 bits per heavy atom. The molecule has 1 aliphatic rings. The summed E-state index contributed by atoms with van der Waals surface area (Å²) in [7, 11) is 0. The molecule has 1 fully saturated rings. The van der Waals surface area contributed by atoms with E-state index in [4.69, 9.17) is 4.74 Å². The van der Waals surface area contributed by atoms with Crippen LogP contribution < -0.4 is 10.1 Å². The number of ether oxygens (including phenoxy) is 1. The van der Waals surface area contributed by atoms with Gasteiger partial charge in [0.2, 0.25) is 0 Å². The second-order valence-corrected chi connectivity index (χ2v) is 6.58. The van der Waals surface area contributed by atoms with Crippen LogP contribution in [0.3, 0.4) is 0 Å². The van der Waals surface area contributed by atoms with E-state index in [-0.39, 0.29) is 0 Å². The van der Waals surface area contributed by atoms with Crippen LogP contribution in [-0.4, -0.2) is 19.2 Å². The van der Waals surface area contributed by atoms with Gasteiger partial charge in [-0.2, -0.15) is 0 Å². The molecule has 2 nitrogen and oxygen atoms in total. The minimum atomic E-state index is 0.507. The second-order valence-electron chi connectivity index (χ2n) is 6.58. The van der Waals surface area contributed by atoms with Gasteiger partial charge >= 0.3 is 0 Å². The van der Waals surface area contributed by atoms with Crippen molar-refractivity contribution in [2.75, 3.05) is 13.2 Å². The van der Waals surface area contributed by atoms with Gasteiger partial charge < -0.3 is 10.1 Å². The monoisotopic (exact) mass is 261 g/mol. The molecule has 106 valence electrons. The lowest BCUT2D eigenvalue weighted by atomic mass is 9.75. The number of nitrogens with one attached hydrogen (secondary N) is 1. The standard InChI is InChI=1S/C17H27NO/c1-14-6-4-8-16(12-14)19-11-10-18-15-7-5-9-17(2,3)13-15/h4,6,8,12,15,18H,5,7,9-11,13H2,1-3H3. The smallest absolute Gasteiger partial charge is 0.119 e. The first kappa shape index (κ1) is 14.4. The first-order valence-electron chi connectivity index (χ1n) is 7.48. The van der Waals surface area contributed by atoms with Gasteiger partial charge in [-0.1, -0.05) is 32.4 Å². The fraction of sp³-hybridized carbons (Fsp3) is 0.647. The van der Waals surface area contributed by atoms with Gasteiger partial charge in [-0.05, 0) is 49.3 Å². The lowest BCUT2D eigenvalue weighted by Gasteiger charge is -2.35. The molecule has 0 radical (unpaired) electrons. The van der Waals surface area contributed by atoms with Gasteiger partial charge in [0.25, 0.3) is 0 Å². The molecule has 1 unspecified atom stereocenters. The molecule has 0 amide bonds. The predicted molar refractivity (Wildman–Crippen MR) is 80.7 cm³/mol. The highest BCUT2D eigenvalue weighted by molar-refractivity contribution is 5.27. The molecule has 1 aromatic carbocycles. The van der Waals surface area contributed by atoms with Crippen LogP contribution in [0.2, 0.25) is 0 Å². The molecule has 1 saturated carbocycles. The van der Waals surface area contributed by atoms with Crippen LogP contribution in [0.25, 0.3) is 0 Å². The summed E-state index contributed by atoms with van der Waals surface area (Å²) in [5.41, 5.74) is 1.76. The SMILES string of the molecule is Cc1cccc(OCCNC2CCCC(C)(C)C2)c1. The van der Waals surface area contributed by atoms with E-state index in [1.165, 1.54) is 31.2 Å². The molecular weight excluding hydrogens is 234 g/mol. The molecule has 0 heterocycles. The predicted octanol–water partition coefficient (Wildman–Crippen LogP) is 3.93. The van der Waals surface area contributed by atoms with Gasteiger partial charge in [0, 0.05) is 12.6 Å². The molecule has 0 spiro atoms. The Morgan fingerprint density at radius 1 is 1.37 bits per heavy atom. The maximum absolute atomic E-state index is 5.77. The molecule has 0 aromatic heterocycles. The van der Waals surface area contributed by atoms with Crippen LogP contribution in [0, 0.1) is 12.3 Å². The Labute approximate surface area is 117 Å². The third-order valence-corrected chi connectivity index (χ3v) is 4.00. The summed E-state index contributed by atoms with van der Waals surface area (Å²) in [6.07, 6.45) is 5.32. The second kappa shape index (κ2) is 6.42.